The van der Waals surface area contributed by atoms with Crippen LogP contribution in [0.5, 0.6) is 5.75 Å². The van der Waals surface area contributed by atoms with E-state index in [-0.39, 0.29) is 18.1 Å². The number of para-hydroxylation sites is 2. The van der Waals surface area contributed by atoms with Gasteiger partial charge >= 0.3 is 0 Å². The van der Waals surface area contributed by atoms with Crippen LogP contribution in [0.2, 0.25) is 10.0 Å². The van der Waals surface area contributed by atoms with E-state index in [4.69, 9.17) is 27.9 Å². The molecule has 0 spiro atoms. The molecule has 0 bridgehead atoms. The highest BCUT2D eigenvalue weighted by molar-refractivity contribution is 7.92. The standard InChI is InChI=1S/C23H29Cl2N3O5S/c1-5-19(23(30)26-3)27(14-16-11-12-17(24)13-18(16)25)22(29)15-28(34(4,31)32)20-9-7-8-10-21(20)33-6-2/h7-13,19H,5-6,14-15H2,1-4H3,(H,26,30). The van der Waals surface area contributed by atoms with Crippen LogP contribution in [0.4, 0.5) is 5.69 Å². The average Bonchev–Trinajstić information content (AvgIpc) is 2.78. The Morgan fingerprint density at radius 1 is 1.12 bits per heavy atom. The molecule has 2 amide bonds. The number of amides is 2. The van der Waals surface area contributed by atoms with Crippen molar-refractivity contribution in [3.05, 3.63) is 58.1 Å². The zero-order valence-electron chi connectivity index (χ0n) is 19.5. The monoisotopic (exact) mass is 529 g/mol. The number of ether oxygens (including phenoxy) is 1. The Balaban J connectivity index is 2.50. The van der Waals surface area contributed by atoms with Gasteiger partial charge in [0.05, 0.1) is 18.6 Å². The van der Waals surface area contributed by atoms with Crippen LogP contribution in [0.3, 0.4) is 0 Å². The number of carbonyl (C=O) groups is 2. The summed E-state index contributed by atoms with van der Waals surface area (Å²) >= 11 is 12.3. The van der Waals surface area contributed by atoms with E-state index in [0.717, 1.165) is 10.6 Å². The number of sulfonamides is 1. The predicted octanol–water partition coefficient (Wildman–Crippen LogP) is 3.71. The van der Waals surface area contributed by atoms with Crippen LogP contribution < -0.4 is 14.4 Å². The maximum atomic E-state index is 13.6. The highest BCUT2D eigenvalue weighted by atomic mass is 35.5. The van der Waals surface area contributed by atoms with Crippen molar-refractivity contribution in [3.63, 3.8) is 0 Å². The van der Waals surface area contributed by atoms with Crippen molar-refractivity contribution in [1.29, 1.82) is 0 Å². The van der Waals surface area contributed by atoms with Gasteiger partial charge in [-0.05, 0) is 43.2 Å². The topological polar surface area (TPSA) is 96.0 Å². The van der Waals surface area contributed by atoms with Crippen LogP contribution in [-0.2, 0) is 26.2 Å². The fourth-order valence-electron chi connectivity index (χ4n) is 3.46. The van der Waals surface area contributed by atoms with Gasteiger partial charge in [-0.25, -0.2) is 8.42 Å². The lowest BCUT2D eigenvalue weighted by atomic mass is 10.1. The predicted molar refractivity (Wildman–Crippen MR) is 135 cm³/mol. The Kier molecular flexibility index (Phi) is 10.0. The quantitative estimate of drug-likeness (QED) is 0.478. The van der Waals surface area contributed by atoms with E-state index in [1.807, 2.05) is 0 Å². The highest BCUT2D eigenvalue weighted by Crippen LogP contribution is 2.30. The molecule has 2 aromatic rings. The van der Waals surface area contributed by atoms with Crippen LogP contribution in [0.25, 0.3) is 0 Å². The molecule has 0 saturated carbocycles. The largest absolute Gasteiger partial charge is 0.492 e. The maximum absolute atomic E-state index is 13.6. The van der Waals surface area contributed by atoms with E-state index in [2.05, 4.69) is 5.32 Å². The van der Waals surface area contributed by atoms with Gasteiger partial charge in [-0.1, -0.05) is 48.3 Å². The fraction of sp³-hybridized carbons (Fsp3) is 0.391. The minimum absolute atomic E-state index is 0.00846. The molecule has 0 aromatic heterocycles. The third-order valence-corrected chi connectivity index (χ3v) is 6.81. The number of nitrogens with one attached hydrogen (secondary N) is 1. The number of hydrogen-bond acceptors (Lipinski definition) is 5. The zero-order chi connectivity index (χ0) is 25.5. The molecular formula is C23H29Cl2N3O5S. The summed E-state index contributed by atoms with van der Waals surface area (Å²) in [5, 5.41) is 3.33. The van der Waals surface area contributed by atoms with Gasteiger partial charge in [0.25, 0.3) is 0 Å². The second-order valence-electron chi connectivity index (χ2n) is 7.47. The SMILES string of the molecule is CCOc1ccccc1N(CC(=O)N(Cc1ccc(Cl)cc1Cl)C(CC)C(=O)NC)S(C)(=O)=O. The number of nitrogens with zero attached hydrogens (tertiary/aromatic N) is 2. The second kappa shape index (κ2) is 12.3. The van der Waals surface area contributed by atoms with Gasteiger partial charge in [-0.15, -0.1) is 0 Å². The summed E-state index contributed by atoms with van der Waals surface area (Å²) < 4.78 is 32.0. The fourth-order valence-corrected chi connectivity index (χ4v) is 4.78. The molecule has 1 N–H and O–H groups in total. The Hall–Kier alpha value is -2.49. The van der Waals surface area contributed by atoms with E-state index in [1.54, 1.807) is 56.3 Å². The van der Waals surface area contributed by atoms with Gasteiger partial charge in [0, 0.05) is 23.6 Å². The van der Waals surface area contributed by atoms with Crippen LogP contribution >= 0.6 is 23.2 Å². The molecule has 8 nitrogen and oxygen atoms in total. The number of halogens is 2. The number of benzene rings is 2. The van der Waals surface area contributed by atoms with Crippen molar-refractivity contribution in [2.24, 2.45) is 0 Å². The zero-order valence-corrected chi connectivity index (χ0v) is 21.9. The number of rotatable bonds is 11. The normalized spacial score (nSPS) is 12.1. The van der Waals surface area contributed by atoms with E-state index >= 15 is 0 Å². The summed E-state index contributed by atoms with van der Waals surface area (Å²) in [6, 6.07) is 10.6. The van der Waals surface area contributed by atoms with Crippen molar-refractivity contribution in [3.8, 4) is 5.75 Å². The molecule has 0 radical (unpaired) electrons. The van der Waals surface area contributed by atoms with E-state index < -0.39 is 28.5 Å². The molecule has 0 aliphatic carbocycles. The summed E-state index contributed by atoms with van der Waals surface area (Å²) in [4.78, 5) is 27.5. The van der Waals surface area contributed by atoms with E-state index in [9.17, 15) is 18.0 Å². The van der Waals surface area contributed by atoms with Gasteiger partial charge in [-0.3, -0.25) is 13.9 Å². The van der Waals surface area contributed by atoms with Crippen LogP contribution in [-0.4, -0.2) is 57.6 Å². The van der Waals surface area contributed by atoms with Gasteiger partial charge in [0.2, 0.25) is 21.8 Å². The van der Waals surface area contributed by atoms with Gasteiger partial charge in [-0.2, -0.15) is 0 Å². The van der Waals surface area contributed by atoms with Crippen LogP contribution in [0, 0.1) is 0 Å². The minimum atomic E-state index is -3.87. The van der Waals surface area contributed by atoms with Crippen molar-refractivity contribution < 1.29 is 22.7 Å². The third kappa shape index (κ3) is 7.01. The summed E-state index contributed by atoms with van der Waals surface area (Å²) in [6.45, 7) is 3.33. The lowest BCUT2D eigenvalue weighted by molar-refractivity contribution is -0.140. The van der Waals surface area contributed by atoms with E-state index in [1.165, 1.54) is 11.9 Å². The molecule has 0 saturated heterocycles. The minimum Gasteiger partial charge on any atom is -0.492 e. The van der Waals surface area contributed by atoms with Crippen molar-refractivity contribution in [1.82, 2.24) is 10.2 Å². The molecule has 2 aromatic carbocycles. The average molecular weight is 530 g/mol. The maximum Gasteiger partial charge on any atom is 0.244 e. The van der Waals surface area contributed by atoms with Crippen LogP contribution in [0.15, 0.2) is 42.5 Å². The Bertz CT molecular complexity index is 1130. The molecule has 2 rings (SSSR count). The van der Waals surface area contributed by atoms with Gasteiger partial charge in [0.1, 0.15) is 18.3 Å². The molecule has 1 unspecified atom stereocenters. The van der Waals surface area contributed by atoms with Gasteiger partial charge < -0.3 is 15.0 Å². The highest BCUT2D eigenvalue weighted by Gasteiger charge is 2.32. The first-order valence-corrected chi connectivity index (χ1v) is 13.3. The molecule has 0 aliphatic rings. The second-order valence-corrected chi connectivity index (χ2v) is 10.2. The number of carbonyl (C=O) groups excluding carboxylic acids is 2. The molecule has 186 valence electrons. The lowest BCUT2D eigenvalue weighted by Gasteiger charge is -2.33. The Morgan fingerprint density at radius 3 is 2.35 bits per heavy atom. The molecule has 0 fully saturated rings. The van der Waals surface area contributed by atoms with Crippen molar-refractivity contribution >= 4 is 50.7 Å². The first kappa shape index (κ1) is 27.8. The third-order valence-electron chi connectivity index (χ3n) is 5.10. The van der Waals surface area contributed by atoms with Crippen molar-refractivity contribution in [2.75, 3.05) is 30.8 Å². The molecule has 1 atom stereocenters. The lowest BCUT2D eigenvalue weighted by Crippen LogP contribution is -2.51. The molecule has 11 heteroatoms. The van der Waals surface area contributed by atoms with Gasteiger partial charge in [0.15, 0.2) is 0 Å². The summed E-state index contributed by atoms with van der Waals surface area (Å²) in [5.74, 6) is -0.617. The summed E-state index contributed by atoms with van der Waals surface area (Å²) in [7, 11) is -2.39. The summed E-state index contributed by atoms with van der Waals surface area (Å²) in [6.07, 6.45) is 1.32. The van der Waals surface area contributed by atoms with Crippen LogP contribution in [0.1, 0.15) is 25.8 Å². The Morgan fingerprint density at radius 2 is 1.79 bits per heavy atom. The first-order chi connectivity index (χ1) is 16.0. The first-order valence-electron chi connectivity index (χ1n) is 10.7. The molecular weight excluding hydrogens is 501 g/mol. The Labute approximate surface area is 210 Å². The molecule has 0 heterocycles. The molecule has 0 aliphatic heterocycles. The smallest absolute Gasteiger partial charge is 0.244 e. The summed E-state index contributed by atoms with van der Waals surface area (Å²) in [5.41, 5.74) is 0.806. The molecule has 34 heavy (non-hydrogen) atoms. The number of anilines is 1. The number of hydrogen-bond donors (Lipinski definition) is 1. The van der Waals surface area contributed by atoms with Crippen molar-refractivity contribution in [2.45, 2.75) is 32.9 Å². The number of likely N-dealkylation sites (N-methyl/N-ethyl adjacent to an activating group) is 1. The van der Waals surface area contributed by atoms with E-state index in [0.29, 0.717) is 34.4 Å².